The molecule has 138 valence electrons. The van der Waals surface area contributed by atoms with Crippen LogP contribution >= 0.6 is 11.6 Å². The number of carbonyl (C=O) groups excluding carboxylic acids is 1. The summed E-state index contributed by atoms with van der Waals surface area (Å²) in [6.07, 6.45) is 5.05. The highest BCUT2D eigenvalue weighted by atomic mass is 35.5. The first-order valence-corrected chi connectivity index (χ1v) is 9.24. The van der Waals surface area contributed by atoms with Crippen LogP contribution in [0.2, 0.25) is 5.02 Å². The maximum atomic E-state index is 12.4. The van der Waals surface area contributed by atoms with Crippen molar-refractivity contribution in [3.05, 3.63) is 41.0 Å². The summed E-state index contributed by atoms with van der Waals surface area (Å²) in [5.74, 6) is 1.38. The van der Waals surface area contributed by atoms with Crippen molar-refractivity contribution in [3.63, 3.8) is 0 Å². The average Bonchev–Trinajstić information content (AvgIpc) is 3.15. The zero-order valence-corrected chi connectivity index (χ0v) is 16.0. The Morgan fingerprint density at radius 3 is 2.77 bits per heavy atom. The Kier molecular flexibility index (Phi) is 5.93. The fraction of sp³-hybridized carbons (Fsp3) is 0.421. The van der Waals surface area contributed by atoms with Gasteiger partial charge >= 0.3 is 0 Å². The average molecular weight is 374 g/mol. The highest BCUT2D eigenvalue weighted by Crippen LogP contribution is 2.25. The summed E-state index contributed by atoms with van der Waals surface area (Å²) in [4.78, 5) is 25.5. The molecule has 0 saturated carbocycles. The summed E-state index contributed by atoms with van der Waals surface area (Å²) in [6.45, 7) is 1.97. The van der Waals surface area contributed by atoms with Crippen molar-refractivity contribution in [2.45, 2.75) is 25.7 Å². The lowest BCUT2D eigenvalue weighted by Gasteiger charge is -2.21. The van der Waals surface area contributed by atoms with Crippen molar-refractivity contribution >= 4 is 35.0 Å². The molecule has 0 spiro atoms. The molecule has 26 heavy (non-hydrogen) atoms. The molecule has 0 atom stereocenters. The number of rotatable bonds is 6. The number of benzene rings is 1. The molecule has 0 unspecified atom stereocenters. The Bertz CT molecular complexity index is 774. The minimum atomic E-state index is -0.0643. The summed E-state index contributed by atoms with van der Waals surface area (Å²) >= 11 is 5.99. The molecular formula is C19H24ClN5O. The van der Waals surface area contributed by atoms with E-state index in [1.807, 2.05) is 43.3 Å². The summed E-state index contributed by atoms with van der Waals surface area (Å²) in [5.41, 5.74) is 1.68. The van der Waals surface area contributed by atoms with Crippen LogP contribution in [0.5, 0.6) is 0 Å². The fourth-order valence-corrected chi connectivity index (χ4v) is 3.24. The number of hydrogen-bond acceptors (Lipinski definition) is 5. The number of anilines is 3. The van der Waals surface area contributed by atoms with Gasteiger partial charge < -0.3 is 15.1 Å². The van der Waals surface area contributed by atoms with Crippen molar-refractivity contribution in [1.82, 2.24) is 9.97 Å². The van der Waals surface area contributed by atoms with Crippen LogP contribution in [0.15, 0.2) is 30.5 Å². The smallest absolute Gasteiger partial charge is 0.227 e. The number of carbonyl (C=O) groups is 1. The molecule has 1 aliphatic heterocycles. The monoisotopic (exact) mass is 373 g/mol. The van der Waals surface area contributed by atoms with Crippen molar-refractivity contribution in [3.8, 4) is 0 Å². The number of nitrogens with one attached hydrogen (secondary N) is 1. The molecule has 2 aromatic rings. The normalized spacial score (nSPS) is 13.7. The Hall–Kier alpha value is -2.34. The van der Waals surface area contributed by atoms with Crippen LogP contribution in [0.1, 0.15) is 24.8 Å². The standard InChI is InChI=1S/C19H24ClN5O/c1-24(2)18-16(13-21-19(23-18)25-10-3-4-11-25)22-17(26)9-8-14-6-5-7-15(20)12-14/h5-7,12-13H,3-4,8-11H2,1-2H3,(H,22,26). The lowest BCUT2D eigenvalue weighted by Crippen LogP contribution is -2.23. The predicted octanol–water partition coefficient (Wildman–Crippen LogP) is 3.37. The first-order valence-electron chi connectivity index (χ1n) is 8.86. The van der Waals surface area contributed by atoms with E-state index in [0.717, 1.165) is 30.4 Å². The van der Waals surface area contributed by atoms with E-state index >= 15 is 0 Å². The lowest BCUT2D eigenvalue weighted by molar-refractivity contribution is -0.116. The van der Waals surface area contributed by atoms with Crippen LogP contribution in [0, 0.1) is 0 Å². The SMILES string of the molecule is CN(C)c1nc(N2CCCC2)ncc1NC(=O)CCc1cccc(Cl)c1. The van der Waals surface area contributed by atoms with Gasteiger partial charge in [0.25, 0.3) is 0 Å². The maximum Gasteiger partial charge on any atom is 0.227 e. The van der Waals surface area contributed by atoms with Gasteiger partial charge in [0.2, 0.25) is 11.9 Å². The first-order chi connectivity index (χ1) is 12.5. The molecule has 1 fully saturated rings. The second kappa shape index (κ2) is 8.36. The molecule has 1 aromatic heterocycles. The van der Waals surface area contributed by atoms with E-state index in [1.165, 1.54) is 12.8 Å². The number of nitrogens with zero attached hydrogens (tertiary/aromatic N) is 4. The van der Waals surface area contributed by atoms with E-state index in [2.05, 4.69) is 20.2 Å². The lowest BCUT2D eigenvalue weighted by atomic mass is 10.1. The molecule has 7 heteroatoms. The van der Waals surface area contributed by atoms with Crippen LogP contribution in [0.3, 0.4) is 0 Å². The highest BCUT2D eigenvalue weighted by Gasteiger charge is 2.18. The van der Waals surface area contributed by atoms with E-state index < -0.39 is 0 Å². The van der Waals surface area contributed by atoms with Crippen molar-refractivity contribution in [1.29, 1.82) is 0 Å². The molecule has 1 aliphatic rings. The van der Waals surface area contributed by atoms with Crippen LogP contribution < -0.4 is 15.1 Å². The number of aryl methyl sites for hydroxylation is 1. The third kappa shape index (κ3) is 4.64. The molecule has 0 aliphatic carbocycles. The highest BCUT2D eigenvalue weighted by molar-refractivity contribution is 6.30. The quantitative estimate of drug-likeness (QED) is 0.841. The topological polar surface area (TPSA) is 61.4 Å². The molecule has 2 heterocycles. The third-order valence-corrected chi connectivity index (χ3v) is 4.61. The van der Waals surface area contributed by atoms with Gasteiger partial charge in [0.05, 0.1) is 6.20 Å². The summed E-state index contributed by atoms with van der Waals surface area (Å²) in [7, 11) is 3.83. The number of amides is 1. The number of halogens is 1. The Morgan fingerprint density at radius 2 is 2.08 bits per heavy atom. The molecule has 0 bridgehead atoms. The Labute approximate surface area is 159 Å². The van der Waals surface area contributed by atoms with Crippen LogP contribution in [0.4, 0.5) is 17.5 Å². The van der Waals surface area contributed by atoms with Crippen LogP contribution in [-0.4, -0.2) is 43.1 Å². The maximum absolute atomic E-state index is 12.4. The Morgan fingerprint density at radius 1 is 1.31 bits per heavy atom. The van der Waals surface area contributed by atoms with Crippen molar-refractivity contribution in [2.24, 2.45) is 0 Å². The predicted molar refractivity (Wildman–Crippen MR) is 106 cm³/mol. The van der Waals surface area contributed by atoms with Gasteiger partial charge in [0.15, 0.2) is 5.82 Å². The number of aromatic nitrogens is 2. The van der Waals surface area contributed by atoms with E-state index in [-0.39, 0.29) is 5.91 Å². The summed E-state index contributed by atoms with van der Waals surface area (Å²) in [5, 5.41) is 3.62. The van der Waals surface area contributed by atoms with Gasteiger partial charge in [-0.05, 0) is 37.0 Å². The molecule has 0 radical (unpaired) electrons. The van der Waals surface area contributed by atoms with E-state index in [4.69, 9.17) is 11.6 Å². The molecular weight excluding hydrogens is 350 g/mol. The minimum Gasteiger partial charge on any atom is -0.361 e. The van der Waals surface area contributed by atoms with Crippen molar-refractivity contribution in [2.75, 3.05) is 42.3 Å². The summed E-state index contributed by atoms with van der Waals surface area (Å²) in [6, 6.07) is 7.57. The van der Waals surface area contributed by atoms with Gasteiger partial charge in [-0.25, -0.2) is 4.98 Å². The van der Waals surface area contributed by atoms with Gasteiger partial charge in [-0.2, -0.15) is 4.98 Å². The molecule has 1 saturated heterocycles. The van der Waals surface area contributed by atoms with Crippen molar-refractivity contribution < 1.29 is 4.79 Å². The van der Waals surface area contributed by atoms with E-state index in [9.17, 15) is 4.79 Å². The molecule has 1 aromatic carbocycles. The Balaban J connectivity index is 1.66. The second-order valence-corrected chi connectivity index (χ2v) is 7.11. The summed E-state index contributed by atoms with van der Waals surface area (Å²) < 4.78 is 0. The second-order valence-electron chi connectivity index (χ2n) is 6.67. The fourth-order valence-electron chi connectivity index (χ4n) is 3.03. The van der Waals surface area contributed by atoms with Gasteiger partial charge in [0, 0.05) is 38.6 Å². The van der Waals surface area contributed by atoms with Crippen LogP contribution in [0.25, 0.3) is 0 Å². The van der Waals surface area contributed by atoms with Gasteiger partial charge in [0.1, 0.15) is 5.69 Å². The van der Waals surface area contributed by atoms with E-state index in [0.29, 0.717) is 23.6 Å². The minimum absolute atomic E-state index is 0.0643. The largest absolute Gasteiger partial charge is 0.361 e. The van der Waals surface area contributed by atoms with Gasteiger partial charge in [-0.1, -0.05) is 23.7 Å². The molecule has 6 nitrogen and oxygen atoms in total. The van der Waals surface area contributed by atoms with Gasteiger partial charge in [-0.3, -0.25) is 4.79 Å². The van der Waals surface area contributed by atoms with E-state index in [1.54, 1.807) is 6.20 Å². The first kappa shape index (κ1) is 18.5. The number of hydrogen-bond donors (Lipinski definition) is 1. The molecule has 1 N–H and O–H groups in total. The molecule has 1 amide bonds. The van der Waals surface area contributed by atoms with Crippen LogP contribution in [-0.2, 0) is 11.2 Å². The zero-order chi connectivity index (χ0) is 18.5. The van der Waals surface area contributed by atoms with Gasteiger partial charge in [-0.15, -0.1) is 0 Å². The zero-order valence-electron chi connectivity index (χ0n) is 15.2. The molecule has 3 rings (SSSR count). The third-order valence-electron chi connectivity index (χ3n) is 4.37.